The highest BCUT2D eigenvalue weighted by Gasteiger charge is 2.19. The predicted molar refractivity (Wildman–Crippen MR) is 357 cm³/mol. The molecule has 6 heteroatoms. The Bertz CT molecular complexity index is 1640. The Kier molecular flexibility index (Phi) is 66.2. The molecule has 0 aromatic carbocycles. The summed E-state index contributed by atoms with van der Waals surface area (Å²) in [5.74, 6) is -0.888. The number of hydrogen-bond acceptors (Lipinski definition) is 6. The number of allylic oxidation sites excluding steroid dienone is 18. The molecule has 0 aliphatic rings. The minimum atomic E-state index is -0.781. The van der Waals surface area contributed by atoms with E-state index >= 15 is 0 Å². The molecule has 0 N–H and O–H groups in total. The lowest BCUT2D eigenvalue weighted by Gasteiger charge is -2.18. The Morgan fingerprint density at radius 3 is 0.744 bits per heavy atom. The maximum absolute atomic E-state index is 12.9. The van der Waals surface area contributed by atoms with E-state index in [9.17, 15) is 14.4 Å². The molecule has 0 bridgehead atoms. The summed E-state index contributed by atoms with van der Waals surface area (Å²) in [6.07, 6.45) is 95.9. The third-order valence-corrected chi connectivity index (χ3v) is 15.0. The first kappa shape index (κ1) is 78.1. The maximum atomic E-state index is 12.9. The summed E-state index contributed by atoms with van der Waals surface area (Å²) in [7, 11) is 0. The van der Waals surface area contributed by atoms with Crippen molar-refractivity contribution in [1.29, 1.82) is 0 Å². The molecule has 6 nitrogen and oxygen atoms in total. The number of carbonyl (C=O) groups is 3. The van der Waals surface area contributed by atoms with Gasteiger partial charge in [-0.05, 0) is 103 Å². The minimum absolute atomic E-state index is 0.0790. The number of carbonyl (C=O) groups excluding carboxylic acids is 3. The molecule has 0 saturated heterocycles. The van der Waals surface area contributed by atoms with Crippen molar-refractivity contribution in [2.24, 2.45) is 0 Å². The van der Waals surface area contributed by atoms with Gasteiger partial charge in [-0.1, -0.05) is 323 Å². The standard InChI is InChI=1S/C76H130O6/c1-4-7-10-13-16-18-20-22-24-26-28-30-32-33-34-35-36-37-38-39-40-41-42-43-45-46-48-50-52-54-56-58-60-63-66-69-75(78)81-72-73(71-80-74(77)68-65-62-15-12-9-6-3)82-76(79)70-67-64-61-59-57-55-53-51-49-47-44-31-29-27-25-23-21-19-17-14-11-8-5-2/h7-8,10-11,16-19,22-25,28-31,47,49,73H,4-6,9,12-15,20-21,26-27,32-46,48,50-72H2,1-3H3/b10-7-,11-8-,18-16-,19-17-,24-22-,25-23-,30-28-,31-29-,49-47-. The molecule has 0 amide bonds. The zero-order valence-corrected chi connectivity index (χ0v) is 54.0. The highest BCUT2D eigenvalue weighted by atomic mass is 16.6. The van der Waals surface area contributed by atoms with E-state index in [-0.39, 0.29) is 31.1 Å². The van der Waals surface area contributed by atoms with E-state index in [4.69, 9.17) is 14.2 Å². The van der Waals surface area contributed by atoms with Crippen molar-refractivity contribution < 1.29 is 28.6 Å². The van der Waals surface area contributed by atoms with Crippen LogP contribution < -0.4 is 0 Å². The van der Waals surface area contributed by atoms with Crippen molar-refractivity contribution in [2.75, 3.05) is 13.2 Å². The molecule has 0 spiro atoms. The Hall–Kier alpha value is -3.93. The number of rotatable bonds is 63. The Morgan fingerprint density at radius 1 is 0.256 bits per heavy atom. The SMILES string of the molecule is CC/C=C\C/C=C\C/C=C\C/C=C\C/C=C\CCCCCCCCCC(=O)OC(COC(=O)CCCCCCCC)COC(=O)CCCCCCCCCCCCCCCCCCCCCCCC/C=C\C/C=C\C/C=C\C/C=C\CC. The third kappa shape index (κ3) is 66.9. The first-order chi connectivity index (χ1) is 40.5. The van der Waals surface area contributed by atoms with Gasteiger partial charge in [-0.3, -0.25) is 14.4 Å². The van der Waals surface area contributed by atoms with Gasteiger partial charge in [0, 0.05) is 19.3 Å². The number of unbranched alkanes of at least 4 members (excludes halogenated alkanes) is 34. The average molecular weight is 1140 g/mol. The summed E-state index contributed by atoms with van der Waals surface area (Å²) in [6.45, 7) is 6.37. The Morgan fingerprint density at radius 2 is 0.476 bits per heavy atom. The molecule has 1 atom stereocenters. The van der Waals surface area contributed by atoms with Crippen LogP contribution in [0.25, 0.3) is 0 Å². The molecular weight excluding hydrogens is 1010 g/mol. The Labute approximate surface area is 508 Å². The summed E-state index contributed by atoms with van der Waals surface area (Å²) in [5, 5.41) is 0. The molecule has 470 valence electrons. The summed E-state index contributed by atoms with van der Waals surface area (Å²) < 4.78 is 16.8. The molecule has 0 radical (unpaired) electrons. The first-order valence-electron chi connectivity index (χ1n) is 34.9. The van der Waals surface area contributed by atoms with E-state index in [0.29, 0.717) is 19.3 Å². The van der Waals surface area contributed by atoms with E-state index in [1.165, 1.54) is 173 Å². The fourth-order valence-electron chi connectivity index (χ4n) is 9.88. The van der Waals surface area contributed by atoms with Crippen LogP contribution in [0.5, 0.6) is 0 Å². The maximum Gasteiger partial charge on any atom is 0.306 e. The van der Waals surface area contributed by atoms with Gasteiger partial charge >= 0.3 is 17.9 Å². The van der Waals surface area contributed by atoms with Crippen molar-refractivity contribution in [3.8, 4) is 0 Å². The second-order valence-electron chi connectivity index (χ2n) is 23.0. The molecule has 82 heavy (non-hydrogen) atoms. The van der Waals surface area contributed by atoms with Crippen molar-refractivity contribution in [3.05, 3.63) is 109 Å². The number of hydrogen-bond donors (Lipinski definition) is 0. The van der Waals surface area contributed by atoms with Gasteiger partial charge in [0.1, 0.15) is 13.2 Å². The molecule has 0 aliphatic heterocycles. The van der Waals surface area contributed by atoms with Crippen molar-refractivity contribution in [3.63, 3.8) is 0 Å². The van der Waals surface area contributed by atoms with Crippen LogP contribution in [0, 0.1) is 0 Å². The zero-order valence-electron chi connectivity index (χ0n) is 54.0. The van der Waals surface area contributed by atoms with E-state index in [2.05, 4.69) is 130 Å². The quantitative estimate of drug-likeness (QED) is 0.0261. The smallest absolute Gasteiger partial charge is 0.306 e. The van der Waals surface area contributed by atoms with E-state index in [0.717, 1.165) is 122 Å². The van der Waals surface area contributed by atoms with Gasteiger partial charge in [0.2, 0.25) is 0 Å². The summed E-state index contributed by atoms with van der Waals surface area (Å²) >= 11 is 0. The highest BCUT2D eigenvalue weighted by molar-refractivity contribution is 5.71. The van der Waals surface area contributed by atoms with Crippen LogP contribution in [-0.2, 0) is 28.6 Å². The van der Waals surface area contributed by atoms with Crippen molar-refractivity contribution in [1.82, 2.24) is 0 Å². The van der Waals surface area contributed by atoms with Crippen LogP contribution >= 0.6 is 0 Å². The lowest BCUT2D eigenvalue weighted by molar-refractivity contribution is -0.167. The van der Waals surface area contributed by atoms with Crippen LogP contribution in [-0.4, -0.2) is 37.2 Å². The Balaban J connectivity index is 3.98. The van der Waals surface area contributed by atoms with E-state index in [1.54, 1.807) is 0 Å². The molecule has 0 heterocycles. The molecule has 0 aromatic heterocycles. The van der Waals surface area contributed by atoms with Gasteiger partial charge in [-0.25, -0.2) is 0 Å². The van der Waals surface area contributed by atoms with Crippen molar-refractivity contribution in [2.45, 2.75) is 341 Å². The van der Waals surface area contributed by atoms with E-state index in [1.807, 2.05) is 0 Å². The second kappa shape index (κ2) is 69.6. The monoisotopic (exact) mass is 1140 g/mol. The first-order valence-corrected chi connectivity index (χ1v) is 34.9. The minimum Gasteiger partial charge on any atom is -0.462 e. The second-order valence-corrected chi connectivity index (χ2v) is 23.0. The van der Waals surface area contributed by atoms with Gasteiger partial charge in [-0.2, -0.15) is 0 Å². The van der Waals surface area contributed by atoms with Gasteiger partial charge in [0.05, 0.1) is 0 Å². The van der Waals surface area contributed by atoms with Crippen LogP contribution in [0.15, 0.2) is 109 Å². The average Bonchev–Trinajstić information content (AvgIpc) is 3.47. The molecular formula is C76H130O6. The van der Waals surface area contributed by atoms with Crippen molar-refractivity contribution >= 4 is 17.9 Å². The summed E-state index contributed by atoms with van der Waals surface area (Å²) in [6, 6.07) is 0. The van der Waals surface area contributed by atoms with Crippen LogP contribution in [0.1, 0.15) is 335 Å². The van der Waals surface area contributed by atoms with Crippen LogP contribution in [0.4, 0.5) is 0 Å². The normalized spacial score (nSPS) is 12.8. The van der Waals surface area contributed by atoms with Gasteiger partial charge < -0.3 is 14.2 Å². The molecule has 0 aromatic rings. The summed E-state index contributed by atoms with van der Waals surface area (Å²) in [5.41, 5.74) is 0. The molecule has 0 saturated carbocycles. The van der Waals surface area contributed by atoms with Gasteiger partial charge in [-0.15, -0.1) is 0 Å². The van der Waals surface area contributed by atoms with Crippen LogP contribution in [0.2, 0.25) is 0 Å². The number of ether oxygens (including phenoxy) is 3. The van der Waals surface area contributed by atoms with E-state index < -0.39 is 6.10 Å². The molecule has 0 aliphatic carbocycles. The van der Waals surface area contributed by atoms with Crippen LogP contribution in [0.3, 0.4) is 0 Å². The van der Waals surface area contributed by atoms with Gasteiger partial charge in [0.25, 0.3) is 0 Å². The largest absolute Gasteiger partial charge is 0.462 e. The molecule has 0 fully saturated rings. The third-order valence-electron chi connectivity index (χ3n) is 15.0. The fourth-order valence-corrected chi connectivity index (χ4v) is 9.88. The predicted octanol–water partition coefficient (Wildman–Crippen LogP) is 24.2. The lowest BCUT2D eigenvalue weighted by Crippen LogP contribution is -2.30. The van der Waals surface area contributed by atoms with Gasteiger partial charge in [0.15, 0.2) is 6.10 Å². The lowest BCUT2D eigenvalue weighted by atomic mass is 10.0. The molecule has 1 unspecified atom stereocenters. The number of esters is 3. The molecule has 0 rings (SSSR count). The topological polar surface area (TPSA) is 78.9 Å². The zero-order chi connectivity index (χ0) is 59.2. The highest BCUT2D eigenvalue weighted by Crippen LogP contribution is 2.17. The summed E-state index contributed by atoms with van der Waals surface area (Å²) in [4.78, 5) is 38.1. The fraction of sp³-hybridized carbons (Fsp3) is 0.724.